The third-order valence-corrected chi connectivity index (χ3v) is 9.45. The summed E-state index contributed by atoms with van der Waals surface area (Å²) in [5.74, 6) is 0. The molecule has 2 aromatic heterocycles. The van der Waals surface area contributed by atoms with Gasteiger partial charge in [0.15, 0.2) is 0 Å². The van der Waals surface area contributed by atoms with Gasteiger partial charge < -0.3 is 0 Å². The van der Waals surface area contributed by atoms with E-state index in [-0.39, 0.29) is 0 Å². The number of hydrogen-bond acceptors (Lipinski definition) is 3. The normalized spacial score (nSPS) is 13.0. The van der Waals surface area contributed by atoms with Crippen LogP contribution in [0.25, 0.3) is 55.9 Å². The van der Waals surface area contributed by atoms with Crippen molar-refractivity contribution in [1.29, 1.82) is 5.26 Å². The third-order valence-electron chi connectivity index (χ3n) is 9.45. The number of aromatic nitrogens is 2. The summed E-state index contributed by atoms with van der Waals surface area (Å²) in [5, 5.41) is 9.33. The average molecular weight is 572 g/mol. The van der Waals surface area contributed by atoms with Crippen LogP contribution in [0.2, 0.25) is 0 Å². The summed E-state index contributed by atoms with van der Waals surface area (Å²) in [4.78, 5) is 9.20. The average Bonchev–Trinajstić information content (AvgIpc) is 3.59. The van der Waals surface area contributed by atoms with Gasteiger partial charge in [-0.05, 0) is 91.5 Å². The molecule has 2 heterocycles. The topological polar surface area (TPSA) is 49.6 Å². The molecular weight excluding hydrogens is 546 g/mol. The smallest absolute Gasteiger partial charge is 0.0992 e. The Morgan fingerprint density at radius 1 is 0.444 bits per heavy atom. The summed E-state index contributed by atoms with van der Waals surface area (Å²) in [7, 11) is 0. The van der Waals surface area contributed by atoms with E-state index >= 15 is 0 Å². The molecule has 2 aliphatic carbocycles. The number of nitrogens with zero attached hydrogens (tertiary/aromatic N) is 3. The van der Waals surface area contributed by atoms with E-state index in [0.717, 1.165) is 16.8 Å². The van der Waals surface area contributed by atoms with Crippen molar-refractivity contribution in [2.24, 2.45) is 0 Å². The van der Waals surface area contributed by atoms with Gasteiger partial charge in [0.05, 0.1) is 28.4 Å². The molecule has 1 spiro atoms. The van der Waals surface area contributed by atoms with Crippen molar-refractivity contribution in [3.8, 4) is 62.0 Å². The maximum atomic E-state index is 9.33. The summed E-state index contributed by atoms with van der Waals surface area (Å²) in [6.45, 7) is 0. The van der Waals surface area contributed by atoms with Gasteiger partial charge in [-0.3, -0.25) is 9.97 Å². The van der Waals surface area contributed by atoms with E-state index in [0.29, 0.717) is 11.3 Å². The number of pyridine rings is 2. The highest BCUT2D eigenvalue weighted by Gasteiger charge is 2.51. The van der Waals surface area contributed by atoms with Crippen molar-refractivity contribution in [2.75, 3.05) is 0 Å². The SMILES string of the molecule is N#Cc1ccnc(-c2ccc(-c3ccc4c(c3)C3(c5ccccc5-c5ccccc53)c3cc(-c5ccccc5)ccc3-4)cn2)c1. The molecule has 9 rings (SSSR count). The van der Waals surface area contributed by atoms with E-state index in [1.807, 2.05) is 12.3 Å². The molecule has 0 bridgehead atoms. The van der Waals surface area contributed by atoms with Crippen LogP contribution in [0.15, 0.2) is 152 Å². The van der Waals surface area contributed by atoms with Gasteiger partial charge in [-0.15, -0.1) is 0 Å². The Bertz CT molecular complexity index is 2280. The van der Waals surface area contributed by atoms with E-state index < -0.39 is 5.41 Å². The fraction of sp³-hybridized carbons (Fsp3) is 0.0238. The molecule has 2 aliphatic rings. The van der Waals surface area contributed by atoms with Crippen LogP contribution < -0.4 is 0 Å². The molecule has 0 aliphatic heterocycles. The molecule has 0 atom stereocenters. The quantitative estimate of drug-likeness (QED) is 0.212. The molecule has 208 valence electrons. The Morgan fingerprint density at radius 2 is 1.02 bits per heavy atom. The predicted octanol–water partition coefficient (Wildman–Crippen LogP) is 9.69. The van der Waals surface area contributed by atoms with Crippen molar-refractivity contribution in [2.45, 2.75) is 5.41 Å². The zero-order chi connectivity index (χ0) is 30.0. The minimum absolute atomic E-state index is 0.437. The third kappa shape index (κ3) is 3.63. The van der Waals surface area contributed by atoms with E-state index in [1.54, 1.807) is 18.3 Å². The summed E-state index contributed by atoms with van der Waals surface area (Å²) < 4.78 is 0. The van der Waals surface area contributed by atoms with Crippen LogP contribution in [0.1, 0.15) is 27.8 Å². The van der Waals surface area contributed by atoms with Crippen molar-refractivity contribution in [3.63, 3.8) is 0 Å². The van der Waals surface area contributed by atoms with E-state index in [9.17, 15) is 5.26 Å². The lowest BCUT2D eigenvalue weighted by Gasteiger charge is -2.31. The Hall–Kier alpha value is -6.11. The second kappa shape index (κ2) is 9.71. The lowest BCUT2D eigenvalue weighted by Crippen LogP contribution is -2.26. The van der Waals surface area contributed by atoms with Crippen molar-refractivity contribution < 1.29 is 0 Å². The molecule has 7 aromatic rings. The number of rotatable bonds is 3. The van der Waals surface area contributed by atoms with Gasteiger partial charge in [0.2, 0.25) is 0 Å². The molecule has 0 N–H and O–H groups in total. The predicted molar refractivity (Wildman–Crippen MR) is 179 cm³/mol. The molecule has 0 fully saturated rings. The maximum Gasteiger partial charge on any atom is 0.0992 e. The molecule has 0 unspecified atom stereocenters. The summed E-state index contributed by atoms with van der Waals surface area (Å²) in [6, 6.07) is 52.1. The van der Waals surface area contributed by atoms with Gasteiger partial charge >= 0.3 is 0 Å². The van der Waals surface area contributed by atoms with Crippen molar-refractivity contribution in [3.05, 3.63) is 180 Å². The van der Waals surface area contributed by atoms with Crippen LogP contribution in [0.4, 0.5) is 0 Å². The summed E-state index contributed by atoms with van der Waals surface area (Å²) in [5.41, 5.74) is 16.6. The zero-order valence-electron chi connectivity index (χ0n) is 24.3. The minimum Gasteiger partial charge on any atom is -0.255 e. The summed E-state index contributed by atoms with van der Waals surface area (Å²) in [6.07, 6.45) is 3.57. The largest absolute Gasteiger partial charge is 0.255 e. The number of nitriles is 1. The minimum atomic E-state index is -0.437. The van der Waals surface area contributed by atoms with Gasteiger partial charge in [0.25, 0.3) is 0 Å². The lowest BCUT2D eigenvalue weighted by molar-refractivity contribution is 0.794. The van der Waals surface area contributed by atoms with E-state index in [2.05, 4.69) is 132 Å². The Balaban J connectivity index is 1.26. The van der Waals surface area contributed by atoms with Gasteiger partial charge in [-0.25, -0.2) is 0 Å². The van der Waals surface area contributed by atoms with Crippen LogP contribution in [0.5, 0.6) is 0 Å². The fourth-order valence-corrected chi connectivity index (χ4v) is 7.49. The summed E-state index contributed by atoms with van der Waals surface area (Å²) >= 11 is 0. The monoisotopic (exact) mass is 571 g/mol. The molecule has 0 radical (unpaired) electrons. The zero-order valence-corrected chi connectivity index (χ0v) is 24.3. The lowest BCUT2D eigenvalue weighted by atomic mass is 9.70. The second-order valence-electron chi connectivity index (χ2n) is 11.7. The van der Waals surface area contributed by atoms with Gasteiger partial charge in [0.1, 0.15) is 0 Å². The Morgan fingerprint density at radius 3 is 1.64 bits per heavy atom. The van der Waals surface area contributed by atoms with E-state index in [1.165, 1.54) is 55.6 Å². The van der Waals surface area contributed by atoms with Gasteiger partial charge in [-0.2, -0.15) is 5.26 Å². The first-order chi connectivity index (χ1) is 22.3. The van der Waals surface area contributed by atoms with E-state index in [4.69, 9.17) is 4.98 Å². The molecule has 0 saturated carbocycles. The van der Waals surface area contributed by atoms with Crippen LogP contribution in [-0.4, -0.2) is 9.97 Å². The molecule has 0 amide bonds. The van der Waals surface area contributed by atoms with Crippen LogP contribution in [-0.2, 0) is 5.41 Å². The Labute approximate surface area is 261 Å². The van der Waals surface area contributed by atoms with Gasteiger partial charge in [-0.1, -0.05) is 109 Å². The highest BCUT2D eigenvalue weighted by atomic mass is 14.8. The number of benzene rings is 5. The van der Waals surface area contributed by atoms with Crippen LogP contribution in [0.3, 0.4) is 0 Å². The maximum absolute atomic E-state index is 9.33. The van der Waals surface area contributed by atoms with Crippen LogP contribution in [0, 0.1) is 11.3 Å². The molecule has 45 heavy (non-hydrogen) atoms. The molecule has 3 nitrogen and oxygen atoms in total. The van der Waals surface area contributed by atoms with Gasteiger partial charge in [0, 0.05) is 18.0 Å². The number of hydrogen-bond donors (Lipinski definition) is 0. The number of fused-ring (bicyclic) bond motifs is 10. The molecular formula is C42H25N3. The first-order valence-electron chi connectivity index (χ1n) is 15.1. The molecule has 5 aromatic carbocycles. The highest BCUT2D eigenvalue weighted by molar-refractivity contribution is 5.96. The first-order valence-corrected chi connectivity index (χ1v) is 15.1. The van der Waals surface area contributed by atoms with Crippen LogP contribution >= 0.6 is 0 Å². The Kier molecular flexibility index (Phi) is 5.48. The van der Waals surface area contributed by atoms with Crippen molar-refractivity contribution in [1.82, 2.24) is 9.97 Å². The standard InChI is InChI=1S/C42H25N3/c43-25-27-20-21-44-41(22-27)40-19-16-31(26-45-40)30-15-18-35-34-17-14-29(28-8-2-1-3-9-28)23-38(34)42(39(35)24-30)36-12-6-4-10-32(36)33-11-5-7-13-37(33)42/h1-24,26H. The second-order valence-corrected chi connectivity index (χ2v) is 11.7. The van der Waals surface area contributed by atoms with Crippen molar-refractivity contribution >= 4 is 0 Å². The highest BCUT2D eigenvalue weighted by Crippen LogP contribution is 2.63. The first kappa shape index (κ1) is 25.4. The molecule has 3 heteroatoms. The molecule has 0 saturated heterocycles. The fourth-order valence-electron chi connectivity index (χ4n) is 7.49.